The second kappa shape index (κ2) is 7.87. The molecule has 0 amide bonds. The number of ether oxygens (including phenoxy) is 2. The molecule has 0 atom stereocenters. The molecule has 1 heterocycles. The second-order valence-corrected chi connectivity index (χ2v) is 6.05. The van der Waals surface area contributed by atoms with Crippen molar-refractivity contribution in [2.24, 2.45) is 5.92 Å². The Balaban J connectivity index is 1.70. The summed E-state index contributed by atoms with van der Waals surface area (Å²) < 4.78 is 11.3. The zero-order valence-corrected chi connectivity index (χ0v) is 13.1. The number of halogens is 1. The van der Waals surface area contributed by atoms with E-state index in [0.29, 0.717) is 12.5 Å². The van der Waals surface area contributed by atoms with E-state index < -0.39 is 0 Å². The van der Waals surface area contributed by atoms with Gasteiger partial charge in [0.05, 0.1) is 19.8 Å². The molecule has 1 N–H and O–H groups in total. The number of hydrogen-bond donors (Lipinski definition) is 1. The van der Waals surface area contributed by atoms with Gasteiger partial charge in [-0.3, -0.25) is 0 Å². The van der Waals surface area contributed by atoms with E-state index in [1.807, 2.05) is 12.1 Å². The van der Waals surface area contributed by atoms with Gasteiger partial charge in [0, 0.05) is 18.0 Å². The van der Waals surface area contributed by atoms with Gasteiger partial charge < -0.3 is 14.8 Å². The molecule has 1 aromatic rings. The van der Waals surface area contributed by atoms with E-state index in [4.69, 9.17) is 21.1 Å². The minimum Gasteiger partial charge on any atom is -0.493 e. The molecule has 112 valence electrons. The lowest BCUT2D eigenvalue weighted by Gasteiger charge is -2.10. The van der Waals surface area contributed by atoms with E-state index in [0.717, 1.165) is 49.9 Å². The molecule has 0 unspecified atom stereocenters. The molecule has 0 fully saturated rings. The van der Waals surface area contributed by atoms with Gasteiger partial charge in [-0.15, -0.1) is 0 Å². The van der Waals surface area contributed by atoms with Gasteiger partial charge >= 0.3 is 0 Å². The van der Waals surface area contributed by atoms with Gasteiger partial charge in [0.1, 0.15) is 5.75 Å². The van der Waals surface area contributed by atoms with Crippen LogP contribution in [0.1, 0.15) is 25.0 Å². The summed E-state index contributed by atoms with van der Waals surface area (Å²) in [6.45, 7) is 8.57. The highest BCUT2D eigenvalue weighted by molar-refractivity contribution is 6.30. The van der Waals surface area contributed by atoms with Crippen LogP contribution >= 0.6 is 11.6 Å². The SMILES string of the molecule is CC(C)CNCCOCCc1cc(Cl)cc2c1OCC2. The average molecular weight is 298 g/mol. The summed E-state index contributed by atoms with van der Waals surface area (Å²) in [5, 5.41) is 4.16. The minimum absolute atomic E-state index is 0.682. The molecule has 0 saturated heterocycles. The minimum atomic E-state index is 0.682. The number of benzene rings is 1. The molecular formula is C16H24ClNO2. The molecule has 3 nitrogen and oxygen atoms in total. The molecule has 1 aliphatic heterocycles. The molecule has 1 aromatic carbocycles. The average Bonchev–Trinajstić information content (AvgIpc) is 2.85. The highest BCUT2D eigenvalue weighted by Crippen LogP contribution is 2.33. The molecule has 0 saturated carbocycles. The van der Waals surface area contributed by atoms with Crippen LogP contribution in [0.2, 0.25) is 5.02 Å². The molecule has 0 aromatic heterocycles. The Morgan fingerprint density at radius 1 is 1.35 bits per heavy atom. The smallest absolute Gasteiger partial charge is 0.125 e. The predicted molar refractivity (Wildman–Crippen MR) is 82.9 cm³/mol. The van der Waals surface area contributed by atoms with E-state index in [1.165, 1.54) is 11.1 Å². The van der Waals surface area contributed by atoms with Crippen LogP contribution in [0.4, 0.5) is 0 Å². The maximum Gasteiger partial charge on any atom is 0.125 e. The molecule has 0 spiro atoms. The fraction of sp³-hybridized carbons (Fsp3) is 0.625. The van der Waals surface area contributed by atoms with Crippen LogP contribution in [0, 0.1) is 5.92 Å². The lowest BCUT2D eigenvalue weighted by molar-refractivity contribution is 0.138. The summed E-state index contributed by atoms with van der Waals surface area (Å²) >= 11 is 6.13. The number of rotatable bonds is 8. The first-order chi connectivity index (χ1) is 9.66. The van der Waals surface area contributed by atoms with Gasteiger partial charge in [-0.2, -0.15) is 0 Å². The van der Waals surface area contributed by atoms with Crippen LogP contribution < -0.4 is 10.1 Å². The maximum atomic E-state index is 6.13. The largest absolute Gasteiger partial charge is 0.493 e. The highest BCUT2D eigenvalue weighted by atomic mass is 35.5. The van der Waals surface area contributed by atoms with Gasteiger partial charge in [0.2, 0.25) is 0 Å². The fourth-order valence-corrected chi connectivity index (χ4v) is 2.61. The molecular weight excluding hydrogens is 274 g/mol. The Kier molecular flexibility index (Phi) is 6.14. The van der Waals surface area contributed by atoms with Crippen LogP contribution in [-0.4, -0.2) is 32.9 Å². The van der Waals surface area contributed by atoms with Crippen molar-refractivity contribution in [3.8, 4) is 5.75 Å². The van der Waals surface area contributed by atoms with E-state index in [9.17, 15) is 0 Å². The van der Waals surface area contributed by atoms with Gasteiger partial charge in [-0.25, -0.2) is 0 Å². The van der Waals surface area contributed by atoms with Crippen molar-refractivity contribution >= 4 is 11.6 Å². The van der Waals surface area contributed by atoms with E-state index >= 15 is 0 Å². The van der Waals surface area contributed by atoms with Crippen molar-refractivity contribution in [2.45, 2.75) is 26.7 Å². The topological polar surface area (TPSA) is 30.5 Å². The zero-order valence-electron chi connectivity index (χ0n) is 12.4. The standard InChI is InChI=1S/C16H24ClNO2/c1-12(2)11-18-5-8-19-6-3-13-9-15(17)10-14-4-7-20-16(13)14/h9-10,12,18H,3-8,11H2,1-2H3. The van der Waals surface area contributed by atoms with Gasteiger partial charge in [-0.1, -0.05) is 25.4 Å². The second-order valence-electron chi connectivity index (χ2n) is 5.61. The molecule has 2 rings (SSSR count). The predicted octanol–water partition coefficient (Wildman–Crippen LogP) is 3.08. The summed E-state index contributed by atoms with van der Waals surface area (Å²) in [7, 11) is 0. The van der Waals surface area contributed by atoms with Crippen molar-refractivity contribution in [2.75, 3.05) is 32.9 Å². The summed E-state index contributed by atoms with van der Waals surface area (Å²) in [4.78, 5) is 0. The van der Waals surface area contributed by atoms with E-state index in [2.05, 4.69) is 19.2 Å². The third kappa shape index (κ3) is 4.65. The summed E-state index contributed by atoms with van der Waals surface area (Å²) in [5.74, 6) is 1.71. The van der Waals surface area contributed by atoms with E-state index in [1.54, 1.807) is 0 Å². The van der Waals surface area contributed by atoms with Crippen molar-refractivity contribution < 1.29 is 9.47 Å². The summed E-state index contributed by atoms with van der Waals surface area (Å²) in [6, 6.07) is 4.00. The van der Waals surface area contributed by atoms with Crippen LogP contribution in [0.15, 0.2) is 12.1 Å². The third-order valence-electron chi connectivity index (χ3n) is 3.32. The molecule has 20 heavy (non-hydrogen) atoms. The summed E-state index contributed by atoms with van der Waals surface area (Å²) in [6.07, 6.45) is 1.82. The van der Waals surface area contributed by atoms with Crippen molar-refractivity contribution in [3.63, 3.8) is 0 Å². The monoisotopic (exact) mass is 297 g/mol. The van der Waals surface area contributed by atoms with Crippen LogP contribution in [0.3, 0.4) is 0 Å². The van der Waals surface area contributed by atoms with Crippen LogP contribution in [-0.2, 0) is 17.6 Å². The van der Waals surface area contributed by atoms with Crippen LogP contribution in [0.5, 0.6) is 5.75 Å². The molecule has 4 heteroatoms. The van der Waals surface area contributed by atoms with Crippen molar-refractivity contribution in [1.29, 1.82) is 0 Å². The normalized spacial score (nSPS) is 13.6. The number of hydrogen-bond acceptors (Lipinski definition) is 3. The number of nitrogens with one attached hydrogen (secondary N) is 1. The Morgan fingerprint density at radius 2 is 2.20 bits per heavy atom. The first-order valence-electron chi connectivity index (χ1n) is 7.39. The van der Waals surface area contributed by atoms with Gasteiger partial charge in [0.15, 0.2) is 0 Å². The highest BCUT2D eigenvalue weighted by Gasteiger charge is 2.17. The Morgan fingerprint density at radius 3 is 3.00 bits per heavy atom. The van der Waals surface area contributed by atoms with Crippen molar-refractivity contribution in [3.05, 3.63) is 28.3 Å². The number of fused-ring (bicyclic) bond motifs is 1. The van der Waals surface area contributed by atoms with Gasteiger partial charge in [-0.05, 0) is 42.1 Å². The zero-order chi connectivity index (χ0) is 14.4. The molecule has 0 aliphatic carbocycles. The summed E-state index contributed by atoms with van der Waals surface area (Å²) in [5.41, 5.74) is 2.39. The van der Waals surface area contributed by atoms with Gasteiger partial charge in [0.25, 0.3) is 0 Å². The quantitative estimate of drug-likeness (QED) is 0.748. The first-order valence-corrected chi connectivity index (χ1v) is 7.77. The maximum absolute atomic E-state index is 6.13. The Hall–Kier alpha value is -0.770. The molecule has 1 aliphatic rings. The lowest BCUT2D eigenvalue weighted by atomic mass is 10.1. The Labute approximate surface area is 126 Å². The fourth-order valence-electron chi connectivity index (χ4n) is 2.35. The van der Waals surface area contributed by atoms with E-state index in [-0.39, 0.29) is 0 Å². The Bertz CT molecular complexity index is 435. The molecule has 0 bridgehead atoms. The van der Waals surface area contributed by atoms with Crippen LogP contribution in [0.25, 0.3) is 0 Å². The lowest BCUT2D eigenvalue weighted by Crippen LogP contribution is -2.24. The molecule has 0 radical (unpaired) electrons. The first kappa shape index (κ1) is 15.6. The van der Waals surface area contributed by atoms with Crippen molar-refractivity contribution in [1.82, 2.24) is 5.32 Å². The third-order valence-corrected chi connectivity index (χ3v) is 3.54.